The minimum atomic E-state index is -0.608. The van der Waals surface area contributed by atoms with E-state index in [-0.39, 0.29) is 6.61 Å². The molecule has 4 rings (SSSR count). The van der Waals surface area contributed by atoms with Gasteiger partial charge in [-0.2, -0.15) is 4.98 Å². The van der Waals surface area contributed by atoms with Crippen LogP contribution in [0, 0.1) is 0 Å². The number of hydrogen-bond donors (Lipinski definition) is 1. The first-order valence-electron chi connectivity index (χ1n) is 12.0. The van der Waals surface area contributed by atoms with Gasteiger partial charge < -0.3 is 19.5 Å². The van der Waals surface area contributed by atoms with Crippen LogP contribution in [0.3, 0.4) is 0 Å². The van der Waals surface area contributed by atoms with Crippen molar-refractivity contribution in [1.82, 2.24) is 14.8 Å². The van der Waals surface area contributed by atoms with Crippen LogP contribution in [0.2, 0.25) is 5.02 Å². The zero-order chi connectivity index (χ0) is 27.2. The normalized spacial score (nSPS) is 14.5. The Labute approximate surface area is 239 Å². The van der Waals surface area contributed by atoms with E-state index in [9.17, 15) is 4.79 Å². The van der Waals surface area contributed by atoms with Crippen molar-refractivity contribution in [2.75, 3.05) is 24.3 Å². The number of hydrogen-bond acceptors (Lipinski definition) is 8. The van der Waals surface area contributed by atoms with Crippen LogP contribution in [0.1, 0.15) is 37.9 Å². The van der Waals surface area contributed by atoms with Crippen molar-refractivity contribution in [3.63, 3.8) is 0 Å². The zero-order valence-electron chi connectivity index (χ0n) is 21.3. The molecule has 0 spiro atoms. The van der Waals surface area contributed by atoms with Crippen LogP contribution >= 0.6 is 39.3 Å². The van der Waals surface area contributed by atoms with Crippen LogP contribution in [-0.2, 0) is 16.1 Å². The predicted octanol–water partition coefficient (Wildman–Crippen LogP) is 6.80. The van der Waals surface area contributed by atoms with Crippen molar-refractivity contribution in [1.29, 1.82) is 0 Å². The second kappa shape index (κ2) is 12.7. The van der Waals surface area contributed by atoms with Crippen molar-refractivity contribution < 1.29 is 19.0 Å². The van der Waals surface area contributed by atoms with Crippen molar-refractivity contribution in [3.05, 3.63) is 80.9 Å². The molecule has 0 aliphatic carbocycles. The SMILES string of the molecule is C=CCOC(=O)C1=C(C)Nc2nc(SCC)nn2C1c1cc(Br)c(OCc2ccc(Cl)cc2)c(OCC)c1. The molecule has 0 fully saturated rings. The van der Waals surface area contributed by atoms with Crippen molar-refractivity contribution in [3.8, 4) is 11.5 Å². The molecule has 38 heavy (non-hydrogen) atoms. The number of nitrogens with one attached hydrogen (secondary N) is 1. The Bertz CT molecular complexity index is 1360. The quantitative estimate of drug-likeness (QED) is 0.142. The number of rotatable bonds is 11. The summed E-state index contributed by atoms with van der Waals surface area (Å²) >= 11 is 11.2. The van der Waals surface area contributed by atoms with Gasteiger partial charge in [0.15, 0.2) is 11.5 Å². The largest absolute Gasteiger partial charge is 0.490 e. The third-order valence-electron chi connectivity index (χ3n) is 5.60. The fraction of sp³-hybridized carbons (Fsp3) is 0.296. The highest BCUT2D eigenvalue weighted by Crippen LogP contribution is 2.43. The molecule has 8 nitrogen and oxygen atoms in total. The number of carbonyl (C=O) groups is 1. The molecule has 2 heterocycles. The molecule has 2 aromatic carbocycles. The molecule has 1 atom stereocenters. The van der Waals surface area contributed by atoms with Gasteiger partial charge in [-0.05, 0) is 70.9 Å². The maximum absolute atomic E-state index is 13.2. The fourth-order valence-electron chi connectivity index (χ4n) is 3.99. The summed E-state index contributed by atoms with van der Waals surface area (Å²) in [6, 6.07) is 10.6. The number of fused-ring (bicyclic) bond motifs is 1. The smallest absolute Gasteiger partial charge is 0.338 e. The van der Waals surface area contributed by atoms with E-state index in [4.69, 9.17) is 30.9 Å². The molecule has 3 aromatic rings. The summed E-state index contributed by atoms with van der Waals surface area (Å²) in [5.74, 6) is 1.97. The monoisotopic (exact) mass is 618 g/mol. The lowest BCUT2D eigenvalue weighted by Gasteiger charge is -2.29. The van der Waals surface area contributed by atoms with Gasteiger partial charge in [0.05, 0.1) is 16.7 Å². The van der Waals surface area contributed by atoms with Crippen LogP contribution in [0.15, 0.2) is 70.0 Å². The topological polar surface area (TPSA) is 87.5 Å². The van der Waals surface area contributed by atoms with Gasteiger partial charge in [-0.15, -0.1) is 5.10 Å². The van der Waals surface area contributed by atoms with E-state index in [1.165, 1.54) is 17.8 Å². The number of halogens is 2. The number of carbonyl (C=O) groups excluding carboxylic acids is 1. The number of esters is 1. The maximum Gasteiger partial charge on any atom is 0.338 e. The molecule has 0 saturated carbocycles. The van der Waals surface area contributed by atoms with E-state index in [0.717, 1.165) is 16.9 Å². The zero-order valence-corrected chi connectivity index (χ0v) is 24.5. The molecule has 0 bridgehead atoms. The first kappa shape index (κ1) is 28.1. The Hall–Kier alpha value is -2.95. The van der Waals surface area contributed by atoms with Crippen LogP contribution in [0.4, 0.5) is 5.95 Å². The second-order valence-electron chi connectivity index (χ2n) is 8.23. The van der Waals surface area contributed by atoms with E-state index in [1.54, 1.807) is 4.68 Å². The standard InChI is InChI=1S/C27H28BrClN4O4S/c1-5-12-36-25(34)22-16(4)30-26-31-27(38-7-3)32-33(26)23(22)18-13-20(28)24(21(14-18)35-6-2)37-15-17-8-10-19(29)11-9-17/h5,8-11,13-14,23H,1,6-7,12,15H2,2-4H3,(H,30,31,32). The van der Waals surface area contributed by atoms with E-state index in [1.807, 2.05) is 57.2 Å². The Morgan fingerprint density at radius 3 is 2.71 bits per heavy atom. The van der Waals surface area contributed by atoms with Crippen molar-refractivity contribution in [2.45, 2.75) is 38.6 Å². The van der Waals surface area contributed by atoms with Gasteiger partial charge in [0.1, 0.15) is 19.3 Å². The molecule has 1 unspecified atom stereocenters. The minimum Gasteiger partial charge on any atom is -0.490 e. The second-order valence-corrected chi connectivity index (χ2v) is 10.7. The van der Waals surface area contributed by atoms with Gasteiger partial charge in [0, 0.05) is 10.7 Å². The highest BCUT2D eigenvalue weighted by Gasteiger charge is 2.36. The van der Waals surface area contributed by atoms with Crippen LogP contribution in [-0.4, -0.2) is 39.7 Å². The van der Waals surface area contributed by atoms with Gasteiger partial charge in [-0.1, -0.05) is 55.1 Å². The summed E-state index contributed by atoms with van der Waals surface area (Å²) in [6.45, 7) is 10.3. The summed E-state index contributed by atoms with van der Waals surface area (Å²) in [5.41, 5.74) is 2.77. The van der Waals surface area contributed by atoms with E-state index < -0.39 is 12.0 Å². The number of ether oxygens (including phenoxy) is 3. The lowest BCUT2D eigenvalue weighted by atomic mass is 9.95. The summed E-state index contributed by atoms with van der Waals surface area (Å²) in [5, 5.41) is 9.18. The Kier molecular flexibility index (Phi) is 9.40. The number of thioether (sulfide) groups is 1. The average molecular weight is 620 g/mol. The molecule has 1 N–H and O–H groups in total. The molecule has 1 aliphatic rings. The van der Waals surface area contributed by atoms with Crippen molar-refractivity contribution >= 4 is 51.2 Å². The Balaban J connectivity index is 1.77. The fourth-order valence-corrected chi connectivity index (χ4v) is 5.25. The molecule has 200 valence electrons. The van der Waals surface area contributed by atoms with Crippen LogP contribution in [0.5, 0.6) is 11.5 Å². The van der Waals surface area contributed by atoms with E-state index >= 15 is 0 Å². The van der Waals surface area contributed by atoms with Gasteiger partial charge >= 0.3 is 5.97 Å². The van der Waals surface area contributed by atoms with Crippen LogP contribution < -0.4 is 14.8 Å². The van der Waals surface area contributed by atoms with E-state index in [0.29, 0.717) is 56.6 Å². The Morgan fingerprint density at radius 2 is 2.03 bits per heavy atom. The van der Waals surface area contributed by atoms with Gasteiger partial charge in [0.2, 0.25) is 11.1 Å². The van der Waals surface area contributed by atoms with Gasteiger partial charge in [-0.3, -0.25) is 0 Å². The number of anilines is 1. The van der Waals surface area contributed by atoms with Crippen molar-refractivity contribution in [2.24, 2.45) is 0 Å². The highest BCUT2D eigenvalue weighted by molar-refractivity contribution is 9.10. The number of nitrogens with zero attached hydrogens (tertiary/aromatic N) is 3. The summed E-state index contributed by atoms with van der Waals surface area (Å²) in [4.78, 5) is 17.8. The lowest BCUT2D eigenvalue weighted by molar-refractivity contribution is -0.138. The molecular weight excluding hydrogens is 592 g/mol. The third kappa shape index (κ3) is 6.19. The molecule has 0 saturated heterocycles. The predicted molar refractivity (Wildman–Crippen MR) is 153 cm³/mol. The first-order chi connectivity index (χ1) is 18.4. The summed E-state index contributed by atoms with van der Waals surface area (Å²) < 4.78 is 20.0. The molecule has 0 amide bonds. The van der Waals surface area contributed by atoms with E-state index in [2.05, 4.69) is 32.8 Å². The molecule has 1 aromatic heterocycles. The molecule has 1 aliphatic heterocycles. The van der Waals surface area contributed by atoms with Gasteiger partial charge in [-0.25, -0.2) is 9.48 Å². The molecular formula is C27H28BrClN4O4S. The minimum absolute atomic E-state index is 0.0921. The lowest BCUT2D eigenvalue weighted by Crippen LogP contribution is -2.29. The summed E-state index contributed by atoms with van der Waals surface area (Å²) in [6.07, 6.45) is 1.53. The Morgan fingerprint density at radius 1 is 1.26 bits per heavy atom. The number of benzene rings is 2. The first-order valence-corrected chi connectivity index (χ1v) is 14.2. The third-order valence-corrected chi connectivity index (χ3v) is 7.16. The maximum atomic E-state index is 13.2. The van der Waals surface area contributed by atoms with Crippen LogP contribution in [0.25, 0.3) is 0 Å². The number of aromatic nitrogens is 3. The molecule has 0 radical (unpaired) electrons. The highest BCUT2D eigenvalue weighted by atomic mass is 79.9. The van der Waals surface area contributed by atoms with Gasteiger partial charge in [0.25, 0.3) is 0 Å². The summed E-state index contributed by atoms with van der Waals surface area (Å²) in [7, 11) is 0. The number of allylic oxidation sites excluding steroid dienone is 1. The average Bonchev–Trinajstić information content (AvgIpc) is 3.29. The molecule has 11 heteroatoms.